The Kier molecular flexibility index (Phi) is 4.38. The molecule has 2 aromatic rings. The van der Waals surface area contributed by atoms with Crippen molar-refractivity contribution in [3.8, 4) is 0 Å². The molecule has 3 rings (SSSR count). The van der Waals surface area contributed by atoms with Crippen LogP contribution in [0.1, 0.15) is 51.1 Å². The predicted octanol–water partition coefficient (Wildman–Crippen LogP) is 2.93. The molecule has 126 valence electrons. The molecule has 0 unspecified atom stereocenters. The van der Waals surface area contributed by atoms with E-state index in [-0.39, 0.29) is 11.9 Å². The summed E-state index contributed by atoms with van der Waals surface area (Å²) in [7, 11) is 1.36. The summed E-state index contributed by atoms with van der Waals surface area (Å²) in [5, 5.41) is 3.97. The fraction of sp³-hybridized carbons (Fsp3) is 0.389. The van der Waals surface area contributed by atoms with Crippen LogP contribution in [0, 0.1) is 6.92 Å². The quantitative estimate of drug-likeness (QED) is 0.810. The number of hydrogen-bond acceptors (Lipinski definition) is 5. The van der Waals surface area contributed by atoms with Crippen LogP contribution in [0.2, 0.25) is 0 Å². The Hall–Kier alpha value is -2.63. The summed E-state index contributed by atoms with van der Waals surface area (Å²) in [5.41, 5.74) is 3.32. The first-order valence-electron chi connectivity index (χ1n) is 8.05. The second-order valence-electron chi connectivity index (χ2n) is 5.77. The maximum Gasteiger partial charge on any atom is 0.338 e. The number of fused-ring (bicyclic) bond motifs is 1. The van der Waals surface area contributed by atoms with Gasteiger partial charge in [-0.15, -0.1) is 0 Å². The molecule has 1 amide bonds. The summed E-state index contributed by atoms with van der Waals surface area (Å²) >= 11 is 0. The Morgan fingerprint density at radius 1 is 1.38 bits per heavy atom. The van der Waals surface area contributed by atoms with Gasteiger partial charge in [0.2, 0.25) is 0 Å². The Morgan fingerprint density at radius 2 is 2.17 bits per heavy atom. The molecule has 0 N–H and O–H groups in total. The fourth-order valence-corrected chi connectivity index (χ4v) is 3.21. The van der Waals surface area contributed by atoms with Crippen LogP contribution in [0.15, 0.2) is 22.7 Å². The molecule has 24 heavy (non-hydrogen) atoms. The monoisotopic (exact) mass is 328 g/mol. The van der Waals surface area contributed by atoms with Gasteiger partial charge in [0.15, 0.2) is 0 Å². The number of carbonyl (C=O) groups excluding carboxylic acids is 2. The van der Waals surface area contributed by atoms with Crippen LogP contribution in [0.5, 0.6) is 0 Å². The van der Waals surface area contributed by atoms with Crippen molar-refractivity contribution in [1.29, 1.82) is 0 Å². The molecule has 0 atom stereocenters. The van der Waals surface area contributed by atoms with Gasteiger partial charge in [-0.05, 0) is 43.9 Å². The zero-order chi connectivity index (χ0) is 17.3. The van der Waals surface area contributed by atoms with E-state index < -0.39 is 0 Å². The number of aryl methyl sites for hydroxylation is 2. The smallest absolute Gasteiger partial charge is 0.338 e. The van der Waals surface area contributed by atoms with E-state index in [9.17, 15) is 9.59 Å². The third kappa shape index (κ3) is 2.58. The van der Waals surface area contributed by atoms with Gasteiger partial charge < -0.3 is 14.2 Å². The minimum Gasteiger partial charge on any atom is -0.465 e. The van der Waals surface area contributed by atoms with Crippen LogP contribution < -0.4 is 4.90 Å². The zero-order valence-electron chi connectivity index (χ0n) is 14.1. The second-order valence-corrected chi connectivity index (χ2v) is 5.77. The largest absolute Gasteiger partial charge is 0.465 e. The highest BCUT2D eigenvalue weighted by molar-refractivity contribution is 6.09. The highest BCUT2D eigenvalue weighted by atomic mass is 16.5. The number of esters is 1. The molecule has 0 radical (unpaired) electrons. The minimum absolute atomic E-state index is 0.131. The summed E-state index contributed by atoms with van der Waals surface area (Å²) < 4.78 is 10.1. The molecule has 1 aromatic carbocycles. The average molecular weight is 328 g/mol. The van der Waals surface area contributed by atoms with Crippen molar-refractivity contribution in [2.45, 2.75) is 33.1 Å². The lowest BCUT2D eigenvalue weighted by Crippen LogP contribution is -2.36. The van der Waals surface area contributed by atoms with Crippen molar-refractivity contribution in [3.63, 3.8) is 0 Å². The Morgan fingerprint density at radius 3 is 2.88 bits per heavy atom. The van der Waals surface area contributed by atoms with E-state index in [4.69, 9.17) is 9.26 Å². The van der Waals surface area contributed by atoms with E-state index in [2.05, 4.69) is 5.16 Å². The van der Waals surface area contributed by atoms with Gasteiger partial charge in [0.25, 0.3) is 5.91 Å². The maximum absolute atomic E-state index is 13.1. The summed E-state index contributed by atoms with van der Waals surface area (Å²) in [5.74, 6) is 0.0122. The van der Waals surface area contributed by atoms with Crippen LogP contribution in [-0.4, -0.2) is 30.7 Å². The van der Waals surface area contributed by atoms with Crippen LogP contribution in [0.4, 0.5) is 5.69 Å². The normalized spacial score (nSPS) is 13.5. The van der Waals surface area contributed by atoms with E-state index in [1.54, 1.807) is 24.0 Å². The van der Waals surface area contributed by atoms with Gasteiger partial charge in [0.05, 0.1) is 18.4 Å². The lowest BCUT2D eigenvalue weighted by atomic mass is 9.95. The molecular formula is C18H20N2O4. The molecular weight excluding hydrogens is 308 g/mol. The van der Waals surface area contributed by atoms with E-state index in [0.717, 1.165) is 24.1 Å². The molecule has 1 aliphatic rings. The van der Waals surface area contributed by atoms with Crippen molar-refractivity contribution in [3.05, 3.63) is 46.3 Å². The third-order valence-electron chi connectivity index (χ3n) is 4.38. The van der Waals surface area contributed by atoms with Crippen molar-refractivity contribution < 1.29 is 18.8 Å². The van der Waals surface area contributed by atoms with Gasteiger partial charge in [-0.1, -0.05) is 18.1 Å². The van der Waals surface area contributed by atoms with E-state index in [1.165, 1.54) is 7.11 Å². The van der Waals surface area contributed by atoms with Crippen LogP contribution in [0.3, 0.4) is 0 Å². The second kappa shape index (κ2) is 6.47. The molecule has 2 heterocycles. The van der Waals surface area contributed by atoms with Crippen molar-refractivity contribution >= 4 is 17.6 Å². The number of amides is 1. The summed E-state index contributed by atoms with van der Waals surface area (Å²) in [6, 6.07) is 5.38. The Labute approximate surface area is 140 Å². The summed E-state index contributed by atoms with van der Waals surface area (Å²) in [6.45, 7) is 4.28. The lowest BCUT2D eigenvalue weighted by molar-refractivity contribution is 0.0599. The number of carbonyl (C=O) groups is 2. The Bertz CT molecular complexity index is 794. The predicted molar refractivity (Wildman–Crippen MR) is 88.4 cm³/mol. The van der Waals surface area contributed by atoms with Gasteiger partial charge in [-0.3, -0.25) is 4.79 Å². The molecule has 0 bridgehead atoms. The molecule has 1 aliphatic heterocycles. The standard InChI is InChI=1S/C18H20N2O4/c1-4-14-16(11(2)24-19-14)17(21)20-10-6-8-12-13(18(22)23-3)7-5-9-15(12)20/h5,7,9H,4,6,8,10H2,1-3H3. The first-order chi connectivity index (χ1) is 11.6. The molecule has 6 nitrogen and oxygen atoms in total. The van der Waals surface area contributed by atoms with Crippen molar-refractivity contribution in [1.82, 2.24) is 5.16 Å². The van der Waals surface area contributed by atoms with Gasteiger partial charge >= 0.3 is 5.97 Å². The van der Waals surface area contributed by atoms with Gasteiger partial charge in [-0.25, -0.2) is 4.79 Å². The zero-order valence-corrected chi connectivity index (χ0v) is 14.1. The maximum atomic E-state index is 13.1. The van der Waals surface area contributed by atoms with E-state index in [0.29, 0.717) is 35.5 Å². The highest BCUT2D eigenvalue weighted by Gasteiger charge is 2.30. The molecule has 6 heteroatoms. The molecule has 0 saturated heterocycles. The van der Waals surface area contributed by atoms with Crippen molar-refractivity contribution in [2.75, 3.05) is 18.6 Å². The number of ether oxygens (including phenoxy) is 1. The number of benzene rings is 1. The van der Waals surface area contributed by atoms with E-state index >= 15 is 0 Å². The molecule has 0 spiro atoms. The fourth-order valence-electron chi connectivity index (χ4n) is 3.21. The number of anilines is 1. The third-order valence-corrected chi connectivity index (χ3v) is 4.38. The van der Waals surface area contributed by atoms with Crippen LogP contribution in [0.25, 0.3) is 0 Å². The van der Waals surface area contributed by atoms with Gasteiger partial charge in [0, 0.05) is 12.2 Å². The van der Waals surface area contributed by atoms with Crippen molar-refractivity contribution in [2.24, 2.45) is 0 Å². The van der Waals surface area contributed by atoms with Gasteiger partial charge in [0.1, 0.15) is 11.3 Å². The van der Waals surface area contributed by atoms with Crippen LogP contribution in [-0.2, 0) is 17.6 Å². The first kappa shape index (κ1) is 16.2. The number of aromatic nitrogens is 1. The molecule has 0 fully saturated rings. The topological polar surface area (TPSA) is 72.6 Å². The molecule has 0 aliphatic carbocycles. The molecule has 1 aromatic heterocycles. The number of hydrogen-bond donors (Lipinski definition) is 0. The van der Waals surface area contributed by atoms with Crippen LogP contribution >= 0.6 is 0 Å². The lowest BCUT2D eigenvalue weighted by Gasteiger charge is -2.30. The minimum atomic E-state index is -0.378. The SMILES string of the molecule is CCc1noc(C)c1C(=O)N1CCCc2c(C(=O)OC)cccc21. The Balaban J connectivity index is 2.05. The number of nitrogens with zero attached hydrogens (tertiary/aromatic N) is 2. The summed E-state index contributed by atoms with van der Waals surface area (Å²) in [4.78, 5) is 26.8. The van der Waals surface area contributed by atoms with E-state index in [1.807, 2.05) is 13.0 Å². The highest BCUT2D eigenvalue weighted by Crippen LogP contribution is 2.32. The average Bonchev–Trinajstić information content (AvgIpc) is 3.00. The first-order valence-corrected chi connectivity index (χ1v) is 8.05. The number of rotatable bonds is 3. The van der Waals surface area contributed by atoms with Gasteiger partial charge in [-0.2, -0.15) is 0 Å². The number of methoxy groups -OCH3 is 1. The summed E-state index contributed by atoms with van der Waals surface area (Å²) in [6.07, 6.45) is 2.16. The molecule has 0 saturated carbocycles.